The van der Waals surface area contributed by atoms with Crippen molar-refractivity contribution in [1.82, 2.24) is 0 Å². The summed E-state index contributed by atoms with van der Waals surface area (Å²) in [5.41, 5.74) is 1.02. The van der Waals surface area contributed by atoms with Gasteiger partial charge < -0.3 is 10.1 Å². The molecule has 0 atom stereocenters. The molecule has 1 amide bonds. The number of carbonyl (C=O) groups excluding carboxylic acids is 2. The number of halogens is 1. The number of nitrogens with one attached hydrogen (secondary N) is 1. The number of carbonyl (C=O) groups is 2. The van der Waals surface area contributed by atoms with Crippen molar-refractivity contribution in [3.05, 3.63) is 68.7 Å². The summed E-state index contributed by atoms with van der Waals surface area (Å²) in [4.78, 5) is 34.1. The Labute approximate surface area is 148 Å². The monoisotopic (exact) mass is 362 g/mol. The normalized spacial score (nSPS) is 10.2. The third-order valence-corrected chi connectivity index (χ3v) is 3.60. The number of nitro benzene ring substituents is 1. The van der Waals surface area contributed by atoms with Gasteiger partial charge >= 0.3 is 5.97 Å². The third-order valence-electron chi connectivity index (χ3n) is 3.36. The molecule has 0 aliphatic carbocycles. The van der Waals surface area contributed by atoms with Crippen LogP contribution < -0.4 is 5.32 Å². The Morgan fingerprint density at radius 2 is 1.88 bits per heavy atom. The van der Waals surface area contributed by atoms with Crippen LogP contribution >= 0.6 is 11.6 Å². The fraction of sp³-hybridized carbons (Fsp3) is 0.176. The van der Waals surface area contributed by atoms with E-state index in [2.05, 4.69) is 5.32 Å². The van der Waals surface area contributed by atoms with Gasteiger partial charge in [0, 0.05) is 11.1 Å². The lowest BCUT2D eigenvalue weighted by molar-refractivity contribution is -0.383. The molecule has 0 aromatic heterocycles. The predicted octanol–water partition coefficient (Wildman–Crippen LogP) is 3.61. The molecule has 7 nitrogen and oxygen atoms in total. The van der Waals surface area contributed by atoms with E-state index >= 15 is 0 Å². The number of rotatable bonds is 6. The lowest BCUT2D eigenvalue weighted by atomic mass is 10.1. The van der Waals surface area contributed by atoms with Crippen molar-refractivity contribution < 1.29 is 19.2 Å². The van der Waals surface area contributed by atoms with Crippen LogP contribution in [0.3, 0.4) is 0 Å². The van der Waals surface area contributed by atoms with E-state index in [0.29, 0.717) is 5.56 Å². The van der Waals surface area contributed by atoms with Crippen LogP contribution in [0.4, 0.5) is 11.4 Å². The smallest absolute Gasteiger partial charge is 0.338 e. The number of nitrogens with zero attached hydrogens (tertiary/aromatic N) is 1. The molecule has 2 aromatic carbocycles. The Morgan fingerprint density at radius 3 is 2.48 bits per heavy atom. The molecule has 0 saturated carbocycles. The number of esters is 1. The molecular formula is C17H15ClN2O5. The highest BCUT2D eigenvalue weighted by Crippen LogP contribution is 2.27. The highest BCUT2D eigenvalue weighted by atomic mass is 35.5. The Bertz CT molecular complexity index is 805. The highest BCUT2D eigenvalue weighted by Gasteiger charge is 2.17. The molecule has 25 heavy (non-hydrogen) atoms. The van der Waals surface area contributed by atoms with Crippen LogP contribution in [-0.4, -0.2) is 23.4 Å². The van der Waals surface area contributed by atoms with Crippen LogP contribution in [0.1, 0.15) is 22.8 Å². The van der Waals surface area contributed by atoms with Crippen LogP contribution in [0.15, 0.2) is 42.5 Å². The maximum atomic E-state index is 11.9. The molecule has 8 heteroatoms. The SMILES string of the molecule is CCc1ccc(C(=O)OCC(=O)Nc2cc(Cl)ccc2[N+](=O)[O-])cc1. The average molecular weight is 363 g/mol. The quantitative estimate of drug-likeness (QED) is 0.481. The van der Waals surface area contributed by atoms with E-state index < -0.39 is 23.4 Å². The van der Waals surface area contributed by atoms with E-state index in [1.54, 1.807) is 24.3 Å². The molecular weight excluding hydrogens is 348 g/mol. The van der Waals surface area contributed by atoms with E-state index in [1.165, 1.54) is 18.2 Å². The molecule has 0 saturated heterocycles. The van der Waals surface area contributed by atoms with Crippen molar-refractivity contribution in [3.8, 4) is 0 Å². The van der Waals surface area contributed by atoms with Crippen molar-refractivity contribution in [3.63, 3.8) is 0 Å². The van der Waals surface area contributed by atoms with Gasteiger partial charge in [-0.25, -0.2) is 4.79 Å². The van der Waals surface area contributed by atoms with Crippen molar-refractivity contribution >= 4 is 34.9 Å². The second-order valence-corrected chi connectivity index (χ2v) is 5.53. The van der Waals surface area contributed by atoms with Crippen molar-refractivity contribution in [2.24, 2.45) is 0 Å². The molecule has 0 unspecified atom stereocenters. The zero-order valence-corrected chi connectivity index (χ0v) is 14.1. The highest BCUT2D eigenvalue weighted by molar-refractivity contribution is 6.31. The van der Waals surface area contributed by atoms with E-state index in [-0.39, 0.29) is 16.4 Å². The summed E-state index contributed by atoms with van der Waals surface area (Å²) < 4.78 is 4.91. The number of benzene rings is 2. The van der Waals surface area contributed by atoms with Crippen LogP contribution in [0, 0.1) is 10.1 Å². The summed E-state index contributed by atoms with van der Waals surface area (Å²) in [5, 5.41) is 13.5. The summed E-state index contributed by atoms with van der Waals surface area (Å²) in [6.45, 7) is 1.42. The fourth-order valence-corrected chi connectivity index (χ4v) is 2.22. The Kier molecular flexibility index (Phi) is 6.08. The van der Waals surface area contributed by atoms with E-state index in [9.17, 15) is 19.7 Å². The minimum atomic E-state index is -0.705. The second kappa shape index (κ2) is 8.25. The van der Waals surface area contributed by atoms with Crippen molar-refractivity contribution in [2.75, 3.05) is 11.9 Å². The summed E-state index contributed by atoms with van der Waals surface area (Å²) in [5.74, 6) is -1.36. The van der Waals surface area contributed by atoms with Gasteiger partial charge in [0.2, 0.25) is 0 Å². The third kappa shape index (κ3) is 5.02. The molecule has 0 aliphatic rings. The number of amides is 1. The summed E-state index contributed by atoms with van der Waals surface area (Å²) in [6.07, 6.45) is 0.843. The summed E-state index contributed by atoms with van der Waals surface area (Å²) in [7, 11) is 0. The van der Waals surface area contributed by atoms with E-state index in [1.807, 2.05) is 6.92 Å². The van der Waals surface area contributed by atoms with Gasteiger partial charge in [-0.15, -0.1) is 0 Å². The molecule has 0 bridgehead atoms. The van der Waals surface area contributed by atoms with Gasteiger partial charge in [-0.2, -0.15) is 0 Å². The average Bonchev–Trinajstić information content (AvgIpc) is 2.59. The fourth-order valence-electron chi connectivity index (χ4n) is 2.04. The number of hydrogen-bond acceptors (Lipinski definition) is 5. The molecule has 0 radical (unpaired) electrons. The van der Waals surface area contributed by atoms with E-state index in [0.717, 1.165) is 12.0 Å². The number of ether oxygens (including phenoxy) is 1. The van der Waals surface area contributed by atoms with Gasteiger partial charge in [-0.05, 0) is 36.2 Å². The van der Waals surface area contributed by atoms with Crippen LogP contribution in [-0.2, 0) is 16.0 Å². The molecule has 2 aromatic rings. The van der Waals surface area contributed by atoms with Gasteiger partial charge in [0.05, 0.1) is 10.5 Å². The molecule has 0 spiro atoms. The maximum Gasteiger partial charge on any atom is 0.338 e. The lowest BCUT2D eigenvalue weighted by Crippen LogP contribution is -2.21. The lowest BCUT2D eigenvalue weighted by Gasteiger charge is -2.08. The standard InChI is InChI=1S/C17H15ClN2O5/c1-2-11-3-5-12(6-4-11)17(22)25-10-16(21)19-14-9-13(18)7-8-15(14)20(23)24/h3-9H,2,10H2,1H3,(H,19,21). The van der Waals surface area contributed by atoms with Gasteiger partial charge in [-0.3, -0.25) is 14.9 Å². The summed E-state index contributed by atoms with van der Waals surface area (Å²) in [6, 6.07) is 10.6. The number of nitro groups is 1. The summed E-state index contributed by atoms with van der Waals surface area (Å²) >= 11 is 5.78. The number of aryl methyl sites for hydroxylation is 1. The molecule has 1 N–H and O–H groups in total. The minimum absolute atomic E-state index is 0.0640. The minimum Gasteiger partial charge on any atom is -0.452 e. The second-order valence-electron chi connectivity index (χ2n) is 5.09. The van der Waals surface area contributed by atoms with Crippen LogP contribution in [0.25, 0.3) is 0 Å². The Balaban J connectivity index is 1.97. The van der Waals surface area contributed by atoms with Gasteiger partial charge in [0.1, 0.15) is 5.69 Å². The molecule has 130 valence electrons. The van der Waals surface area contributed by atoms with E-state index in [4.69, 9.17) is 16.3 Å². The predicted molar refractivity (Wildman–Crippen MR) is 92.8 cm³/mol. The zero-order valence-electron chi connectivity index (χ0n) is 13.3. The first kappa shape index (κ1) is 18.4. The topological polar surface area (TPSA) is 98.5 Å². The Hall–Kier alpha value is -2.93. The largest absolute Gasteiger partial charge is 0.452 e. The van der Waals surface area contributed by atoms with Gasteiger partial charge in [-0.1, -0.05) is 30.7 Å². The Morgan fingerprint density at radius 1 is 1.20 bits per heavy atom. The van der Waals surface area contributed by atoms with Crippen molar-refractivity contribution in [1.29, 1.82) is 0 Å². The first-order valence-corrected chi connectivity index (χ1v) is 7.78. The molecule has 0 aliphatic heterocycles. The molecule has 0 fully saturated rings. The first-order chi connectivity index (χ1) is 11.9. The zero-order chi connectivity index (χ0) is 18.4. The van der Waals surface area contributed by atoms with Crippen LogP contribution in [0.2, 0.25) is 5.02 Å². The molecule has 0 heterocycles. The first-order valence-electron chi connectivity index (χ1n) is 7.40. The van der Waals surface area contributed by atoms with Gasteiger partial charge in [0.25, 0.3) is 11.6 Å². The number of hydrogen-bond donors (Lipinski definition) is 1. The maximum absolute atomic E-state index is 11.9. The number of anilines is 1. The molecule has 2 rings (SSSR count). The van der Waals surface area contributed by atoms with Crippen LogP contribution in [0.5, 0.6) is 0 Å². The van der Waals surface area contributed by atoms with Crippen molar-refractivity contribution in [2.45, 2.75) is 13.3 Å². The van der Waals surface area contributed by atoms with Gasteiger partial charge in [0.15, 0.2) is 6.61 Å².